The van der Waals surface area contributed by atoms with Gasteiger partial charge in [0.05, 0.1) is 16.4 Å². The van der Waals surface area contributed by atoms with E-state index in [1.807, 2.05) is 52.8 Å². The SMILES string of the molecule is Cc1cccc(NC(=O)C(C)SCc2nc3sc(C)c(C)c3c(=O)[nH]2)c1C. The summed E-state index contributed by atoms with van der Waals surface area (Å²) in [6.07, 6.45) is 0. The van der Waals surface area contributed by atoms with Gasteiger partial charge in [-0.05, 0) is 57.4 Å². The van der Waals surface area contributed by atoms with Crippen LogP contribution in [0.3, 0.4) is 0 Å². The third kappa shape index (κ3) is 4.09. The predicted octanol–water partition coefficient (Wildman–Crippen LogP) is 4.48. The van der Waals surface area contributed by atoms with Crippen molar-refractivity contribution in [1.29, 1.82) is 0 Å². The first-order valence-electron chi connectivity index (χ1n) is 8.75. The molecule has 1 atom stereocenters. The predicted molar refractivity (Wildman–Crippen MR) is 115 cm³/mol. The summed E-state index contributed by atoms with van der Waals surface area (Å²) in [5.74, 6) is 1.02. The fourth-order valence-electron chi connectivity index (χ4n) is 2.77. The highest BCUT2D eigenvalue weighted by atomic mass is 32.2. The number of carbonyl (C=O) groups excluding carboxylic acids is 1. The lowest BCUT2D eigenvalue weighted by Crippen LogP contribution is -2.23. The van der Waals surface area contributed by atoms with Crippen molar-refractivity contribution in [3.8, 4) is 0 Å². The van der Waals surface area contributed by atoms with Crippen molar-refractivity contribution in [3.63, 3.8) is 0 Å². The summed E-state index contributed by atoms with van der Waals surface area (Å²) in [7, 11) is 0. The average Bonchev–Trinajstić information content (AvgIpc) is 2.91. The topological polar surface area (TPSA) is 74.8 Å². The van der Waals surface area contributed by atoms with E-state index in [1.165, 1.54) is 23.1 Å². The van der Waals surface area contributed by atoms with Gasteiger partial charge in [0.2, 0.25) is 5.91 Å². The van der Waals surface area contributed by atoms with Gasteiger partial charge in [-0.1, -0.05) is 12.1 Å². The molecule has 0 aliphatic rings. The summed E-state index contributed by atoms with van der Waals surface area (Å²) >= 11 is 2.99. The van der Waals surface area contributed by atoms with Gasteiger partial charge in [-0.2, -0.15) is 0 Å². The Hall–Kier alpha value is -2.12. The second-order valence-electron chi connectivity index (χ2n) is 6.67. The van der Waals surface area contributed by atoms with E-state index in [4.69, 9.17) is 0 Å². The first kappa shape index (κ1) is 19.6. The third-order valence-corrected chi connectivity index (χ3v) is 7.05. The number of nitrogens with zero attached hydrogens (tertiary/aromatic N) is 1. The van der Waals surface area contributed by atoms with Gasteiger partial charge in [-0.25, -0.2) is 4.98 Å². The van der Waals surface area contributed by atoms with Crippen LogP contribution in [0.5, 0.6) is 0 Å². The minimum atomic E-state index is -0.266. The lowest BCUT2D eigenvalue weighted by molar-refractivity contribution is -0.115. The Labute approximate surface area is 166 Å². The van der Waals surface area contributed by atoms with Gasteiger partial charge >= 0.3 is 0 Å². The number of amides is 1. The number of rotatable bonds is 5. The molecule has 27 heavy (non-hydrogen) atoms. The quantitative estimate of drug-likeness (QED) is 0.661. The van der Waals surface area contributed by atoms with Crippen molar-refractivity contribution in [2.45, 2.75) is 45.6 Å². The fraction of sp³-hybridized carbons (Fsp3) is 0.350. The summed E-state index contributed by atoms with van der Waals surface area (Å²) in [6, 6.07) is 5.87. The number of nitrogens with one attached hydrogen (secondary N) is 2. The van der Waals surface area contributed by atoms with Crippen LogP contribution < -0.4 is 10.9 Å². The smallest absolute Gasteiger partial charge is 0.259 e. The monoisotopic (exact) mass is 401 g/mol. The molecule has 0 aliphatic carbocycles. The number of H-pyrrole nitrogens is 1. The van der Waals surface area contributed by atoms with Crippen molar-refractivity contribution in [2.24, 2.45) is 0 Å². The molecule has 142 valence electrons. The molecule has 1 amide bonds. The highest BCUT2D eigenvalue weighted by molar-refractivity contribution is 7.99. The van der Waals surface area contributed by atoms with Gasteiger partial charge in [0.25, 0.3) is 5.56 Å². The van der Waals surface area contributed by atoms with Crippen molar-refractivity contribution in [3.05, 3.63) is 55.9 Å². The maximum Gasteiger partial charge on any atom is 0.259 e. The number of hydrogen-bond donors (Lipinski definition) is 2. The van der Waals surface area contributed by atoms with E-state index in [0.29, 0.717) is 17.0 Å². The first-order chi connectivity index (χ1) is 12.8. The maximum absolute atomic E-state index is 12.5. The molecular weight excluding hydrogens is 378 g/mol. The van der Waals surface area contributed by atoms with Gasteiger partial charge < -0.3 is 10.3 Å². The van der Waals surface area contributed by atoms with E-state index >= 15 is 0 Å². The van der Waals surface area contributed by atoms with Crippen LogP contribution >= 0.6 is 23.1 Å². The minimum absolute atomic E-state index is 0.0556. The molecule has 2 aromatic heterocycles. The maximum atomic E-state index is 12.5. The molecule has 1 unspecified atom stereocenters. The molecule has 0 saturated heterocycles. The summed E-state index contributed by atoms with van der Waals surface area (Å²) in [6.45, 7) is 9.82. The molecule has 1 aromatic carbocycles. The zero-order valence-corrected chi connectivity index (χ0v) is 17.7. The van der Waals surface area contributed by atoms with Crippen molar-refractivity contribution >= 4 is 44.9 Å². The van der Waals surface area contributed by atoms with Crippen molar-refractivity contribution in [2.75, 3.05) is 5.32 Å². The van der Waals surface area contributed by atoms with Gasteiger partial charge in [-0.15, -0.1) is 23.1 Å². The molecule has 2 heterocycles. The number of hydrogen-bond acceptors (Lipinski definition) is 5. The Balaban J connectivity index is 1.69. The Morgan fingerprint density at radius 1 is 1.26 bits per heavy atom. The number of aromatic amines is 1. The molecule has 0 spiro atoms. The third-order valence-electron chi connectivity index (χ3n) is 4.79. The molecule has 5 nitrogen and oxygen atoms in total. The molecule has 0 aliphatic heterocycles. The van der Waals surface area contributed by atoms with Gasteiger partial charge in [0, 0.05) is 10.6 Å². The van der Waals surface area contributed by atoms with Crippen LogP contribution in [0.1, 0.15) is 34.3 Å². The van der Waals surface area contributed by atoms with E-state index in [0.717, 1.165) is 32.1 Å². The number of thioether (sulfide) groups is 1. The number of aromatic nitrogens is 2. The number of aryl methyl sites for hydroxylation is 3. The van der Waals surface area contributed by atoms with E-state index in [2.05, 4.69) is 15.3 Å². The number of fused-ring (bicyclic) bond motifs is 1. The molecule has 0 radical (unpaired) electrons. The molecule has 0 saturated carbocycles. The average molecular weight is 402 g/mol. The number of benzene rings is 1. The Morgan fingerprint density at radius 3 is 2.74 bits per heavy atom. The lowest BCUT2D eigenvalue weighted by Gasteiger charge is -2.14. The second-order valence-corrected chi connectivity index (χ2v) is 9.20. The lowest BCUT2D eigenvalue weighted by atomic mass is 10.1. The number of anilines is 1. The molecule has 2 N–H and O–H groups in total. The molecule has 3 rings (SSSR count). The summed E-state index contributed by atoms with van der Waals surface area (Å²) in [4.78, 5) is 34.1. The molecule has 7 heteroatoms. The normalized spacial score (nSPS) is 12.3. The first-order valence-corrected chi connectivity index (χ1v) is 10.6. The zero-order chi connectivity index (χ0) is 19.7. The minimum Gasteiger partial charge on any atom is -0.325 e. The van der Waals surface area contributed by atoms with Crippen LogP contribution in [-0.4, -0.2) is 21.1 Å². The van der Waals surface area contributed by atoms with E-state index in [-0.39, 0.29) is 16.7 Å². The van der Waals surface area contributed by atoms with E-state index < -0.39 is 0 Å². The van der Waals surface area contributed by atoms with E-state index in [1.54, 1.807) is 0 Å². The van der Waals surface area contributed by atoms with Crippen molar-refractivity contribution < 1.29 is 4.79 Å². The van der Waals surface area contributed by atoms with Crippen LogP contribution in [-0.2, 0) is 10.5 Å². The standard InChI is InChI=1S/C20H23N3O2S2/c1-10-7-6-8-15(11(10)2)21-18(24)14(5)26-9-16-22-19(25)17-12(3)13(4)27-20(17)23-16/h6-8,14H,9H2,1-5H3,(H,21,24)(H,22,23,25). The van der Waals surface area contributed by atoms with Gasteiger partial charge in [0.1, 0.15) is 10.7 Å². The number of thiophene rings is 1. The van der Waals surface area contributed by atoms with Crippen LogP contribution in [0, 0.1) is 27.7 Å². The molecule has 3 aromatic rings. The number of carbonyl (C=O) groups is 1. The summed E-state index contributed by atoms with van der Waals surface area (Å²) in [5.41, 5.74) is 3.94. The highest BCUT2D eigenvalue weighted by Crippen LogP contribution is 2.27. The van der Waals surface area contributed by atoms with Gasteiger partial charge in [0.15, 0.2) is 0 Å². The molecule has 0 bridgehead atoms. The Kier molecular flexibility index (Phi) is 5.72. The van der Waals surface area contributed by atoms with Crippen LogP contribution in [0.25, 0.3) is 10.2 Å². The Morgan fingerprint density at radius 2 is 2.00 bits per heavy atom. The summed E-state index contributed by atoms with van der Waals surface area (Å²) < 4.78 is 0. The van der Waals surface area contributed by atoms with Crippen LogP contribution in [0.4, 0.5) is 5.69 Å². The fourth-order valence-corrected chi connectivity index (χ4v) is 4.57. The summed E-state index contributed by atoms with van der Waals surface area (Å²) in [5, 5.41) is 3.40. The highest BCUT2D eigenvalue weighted by Gasteiger charge is 2.17. The second kappa shape index (κ2) is 7.86. The largest absolute Gasteiger partial charge is 0.325 e. The van der Waals surface area contributed by atoms with Crippen LogP contribution in [0.2, 0.25) is 0 Å². The van der Waals surface area contributed by atoms with Gasteiger partial charge in [-0.3, -0.25) is 9.59 Å². The molecule has 0 fully saturated rings. The Bertz CT molecular complexity index is 1070. The van der Waals surface area contributed by atoms with Crippen LogP contribution in [0.15, 0.2) is 23.0 Å². The molecular formula is C20H23N3O2S2. The zero-order valence-electron chi connectivity index (χ0n) is 16.1. The van der Waals surface area contributed by atoms with E-state index in [9.17, 15) is 9.59 Å². The van der Waals surface area contributed by atoms with Crippen molar-refractivity contribution in [1.82, 2.24) is 9.97 Å².